The standard InChI is InChI=1S/C26H33N7O2/c1-17-16-35-15-14-33(17)24-21-8-9-22(18-4-6-20(27)7-5-18)28-23(21)29-26(30-24)32-12-10-19(11-13-32)25(34)31(2)3/h4-9,17,19H,10-16,27H2,1-3H3/t17-/m0/s1. The van der Waals surface area contributed by atoms with E-state index in [-0.39, 0.29) is 17.9 Å². The van der Waals surface area contributed by atoms with Gasteiger partial charge in [0.25, 0.3) is 0 Å². The number of carbonyl (C=O) groups is 1. The van der Waals surface area contributed by atoms with Crippen LogP contribution in [0.2, 0.25) is 0 Å². The fourth-order valence-corrected chi connectivity index (χ4v) is 4.89. The van der Waals surface area contributed by atoms with Gasteiger partial charge in [-0.25, -0.2) is 4.98 Å². The highest BCUT2D eigenvalue weighted by molar-refractivity contribution is 5.90. The normalized spacial score (nSPS) is 19.2. The lowest BCUT2D eigenvalue weighted by molar-refractivity contribution is -0.133. The summed E-state index contributed by atoms with van der Waals surface area (Å²) in [7, 11) is 3.64. The number of aromatic nitrogens is 3. The predicted octanol–water partition coefficient (Wildman–Crippen LogP) is 2.80. The van der Waals surface area contributed by atoms with E-state index in [0.717, 1.165) is 60.6 Å². The number of nitrogens with two attached hydrogens (primary N) is 1. The van der Waals surface area contributed by atoms with Crippen LogP contribution in [0.25, 0.3) is 22.3 Å². The van der Waals surface area contributed by atoms with E-state index in [1.165, 1.54) is 0 Å². The number of rotatable bonds is 4. The minimum atomic E-state index is 0.0516. The first-order valence-electron chi connectivity index (χ1n) is 12.3. The smallest absolute Gasteiger partial charge is 0.229 e. The summed E-state index contributed by atoms with van der Waals surface area (Å²) in [4.78, 5) is 33.5. The molecule has 184 valence electrons. The minimum Gasteiger partial charge on any atom is -0.399 e. The molecular formula is C26H33N7O2. The van der Waals surface area contributed by atoms with Crippen molar-refractivity contribution in [2.75, 3.05) is 62.5 Å². The number of nitrogens with zero attached hydrogens (tertiary/aromatic N) is 6. The monoisotopic (exact) mass is 475 g/mol. The molecule has 2 aliphatic heterocycles. The van der Waals surface area contributed by atoms with Crippen LogP contribution in [-0.2, 0) is 9.53 Å². The molecule has 2 aromatic heterocycles. The molecule has 0 unspecified atom stereocenters. The minimum absolute atomic E-state index is 0.0516. The van der Waals surface area contributed by atoms with Gasteiger partial charge in [0.05, 0.1) is 30.3 Å². The van der Waals surface area contributed by atoms with E-state index < -0.39 is 0 Å². The summed E-state index contributed by atoms with van der Waals surface area (Å²) in [5.74, 6) is 1.81. The highest BCUT2D eigenvalue weighted by atomic mass is 16.5. The summed E-state index contributed by atoms with van der Waals surface area (Å²) in [6, 6.07) is 12.0. The lowest BCUT2D eigenvalue weighted by Crippen LogP contribution is -2.45. The molecular weight excluding hydrogens is 442 g/mol. The van der Waals surface area contributed by atoms with Gasteiger partial charge in [-0.05, 0) is 44.0 Å². The van der Waals surface area contributed by atoms with Gasteiger partial charge in [0.1, 0.15) is 5.82 Å². The van der Waals surface area contributed by atoms with Crippen molar-refractivity contribution < 1.29 is 9.53 Å². The maximum atomic E-state index is 12.4. The molecule has 0 spiro atoms. The zero-order valence-corrected chi connectivity index (χ0v) is 20.6. The van der Waals surface area contributed by atoms with Crippen molar-refractivity contribution in [3.05, 3.63) is 36.4 Å². The van der Waals surface area contributed by atoms with Crippen molar-refractivity contribution in [2.45, 2.75) is 25.8 Å². The molecule has 35 heavy (non-hydrogen) atoms. The van der Waals surface area contributed by atoms with Crippen LogP contribution in [-0.4, -0.2) is 78.7 Å². The maximum Gasteiger partial charge on any atom is 0.229 e. The Labute approximate surface area is 205 Å². The number of nitrogen functional groups attached to an aromatic ring is 1. The van der Waals surface area contributed by atoms with Crippen molar-refractivity contribution in [2.24, 2.45) is 5.92 Å². The maximum absolute atomic E-state index is 12.4. The van der Waals surface area contributed by atoms with E-state index in [0.29, 0.717) is 24.8 Å². The van der Waals surface area contributed by atoms with Gasteiger partial charge in [0.2, 0.25) is 11.9 Å². The van der Waals surface area contributed by atoms with Crippen molar-refractivity contribution in [1.29, 1.82) is 0 Å². The number of hydrogen-bond donors (Lipinski definition) is 1. The highest BCUT2D eigenvalue weighted by Gasteiger charge is 2.29. The summed E-state index contributed by atoms with van der Waals surface area (Å²) < 4.78 is 5.67. The third kappa shape index (κ3) is 4.73. The molecule has 9 heteroatoms. The molecule has 0 aliphatic carbocycles. The van der Waals surface area contributed by atoms with E-state index in [4.69, 9.17) is 25.4 Å². The Morgan fingerprint density at radius 3 is 2.46 bits per heavy atom. The van der Waals surface area contributed by atoms with Crippen LogP contribution in [0.1, 0.15) is 19.8 Å². The van der Waals surface area contributed by atoms with Crippen LogP contribution in [0.15, 0.2) is 36.4 Å². The van der Waals surface area contributed by atoms with Crippen molar-refractivity contribution in [1.82, 2.24) is 19.9 Å². The quantitative estimate of drug-likeness (QED) is 0.575. The topological polar surface area (TPSA) is 101 Å². The van der Waals surface area contributed by atoms with Crippen LogP contribution in [0.3, 0.4) is 0 Å². The lowest BCUT2D eigenvalue weighted by atomic mass is 9.96. The zero-order valence-electron chi connectivity index (χ0n) is 20.6. The van der Waals surface area contributed by atoms with Gasteiger partial charge < -0.3 is 25.2 Å². The largest absolute Gasteiger partial charge is 0.399 e. The molecule has 2 fully saturated rings. The molecule has 2 aliphatic rings. The number of piperidine rings is 1. The molecule has 1 atom stereocenters. The van der Waals surface area contributed by atoms with E-state index in [1.807, 2.05) is 44.4 Å². The number of carbonyl (C=O) groups excluding carboxylic acids is 1. The third-order valence-corrected chi connectivity index (χ3v) is 6.94. The van der Waals surface area contributed by atoms with E-state index >= 15 is 0 Å². The Balaban J connectivity index is 1.53. The van der Waals surface area contributed by atoms with Gasteiger partial charge in [0.15, 0.2) is 5.65 Å². The number of pyridine rings is 1. The highest BCUT2D eigenvalue weighted by Crippen LogP contribution is 2.32. The molecule has 0 radical (unpaired) electrons. The first kappa shape index (κ1) is 23.3. The molecule has 0 bridgehead atoms. The van der Waals surface area contributed by atoms with Crippen LogP contribution in [0.4, 0.5) is 17.5 Å². The van der Waals surface area contributed by atoms with Gasteiger partial charge in [-0.15, -0.1) is 0 Å². The van der Waals surface area contributed by atoms with Crippen LogP contribution < -0.4 is 15.5 Å². The van der Waals surface area contributed by atoms with Gasteiger partial charge in [-0.3, -0.25) is 4.79 Å². The molecule has 2 saturated heterocycles. The number of ether oxygens (including phenoxy) is 1. The average molecular weight is 476 g/mol. The molecule has 4 heterocycles. The van der Waals surface area contributed by atoms with Crippen molar-refractivity contribution >= 4 is 34.4 Å². The van der Waals surface area contributed by atoms with Crippen molar-refractivity contribution in [3.63, 3.8) is 0 Å². The zero-order chi connectivity index (χ0) is 24.5. The van der Waals surface area contributed by atoms with Crippen LogP contribution in [0, 0.1) is 5.92 Å². The number of anilines is 3. The second kappa shape index (κ2) is 9.65. The van der Waals surface area contributed by atoms with Crippen molar-refractivity contribution in [3.8, 4) is 11.3 Å². The summed E-state index contributed by atoms with van der Waals surface area (Å²) in [5, 5.41) is 0.930. The van der Waals surface area contributed by atoms with Gasteiger partial charge in [-0.2, -0.15) is 9.97 Å². The first-order valence-corrected chi connectivity index (χ1v) is 12.3. The molecule has 1 aromatic carbocycles. The van der Waals surface area contributed by atoms with Gasteiger partial charge in [0, 0.05) is 50.9 Å². The Morgan fingerprint density at radius 1 is 1.03 bits per heavy atom. The SMILES string of the molecule is C[C@H]1COCCN1c1nc(N2CCC(C(=O)N(C)C)CC2)nc2nc(-c3ccc(N)cc3)ccc12. The fraction of sp³-hybridized carbons (Fsp3) is 0.462. The predicted molar refractivity (Wildman–Crippen MR) is 138 cm³/mol. The Bertz CT molecular complexity index is 1210. The summed E-state index contributed by atoms with van der Waals surface area (Å²) in [6.45, 7) is 5.74. The summed E-state index contributed by atoms with van der Waals surface area (Å²) in [5.41, 5.74) is 9.10. The van der Waals surface area contributed by atoms with Crippen LogP contribution >= 0.6 is 0 Å². The first-order chi connectivity index (χ1) is 16.9. The number of hydrogen-bond acceptors (Lipinski definition) is 8. The van der Waals surface area contributed by atoms with E-state index in [1.54, 1.807) is 4.90 Å². The Kier molecular flexibility index (Phi) is 6.42. The number of morpholine rings is 1. The lowest BCUT2D eigenvalue weighted by Gasteiger charge is -2.36. The number of benzene rings is 1. The molecule has 5 rings (SSSR count). The average Bonchev–Trinajstić information content (AvgIpc) is 2.88. The van der Waals surface area contributed by atoms with Gasteiger partial charge in [-0.1, -0.05) is 12.1 Å². The third-order valence-electron chi connectivity index (χ3n) is 6.94. The summed E-state index contributed by atoms with van der Waals surface area (Å²) >= 11 is 0. The Morgan fingerprint density at radius 2 is 1.77 bits per heavy atom. The molecule has 9 nitrogen and oxygen atoms in total. The molecule has 0 saturated carbocycles. The second-order valence-corrected chi connectivity index (χ2v) is 9.65. The molecule has 1 amide bonds. The van der Waals surface area contributed by atoms with Crippen LogP contribution in [0.5, 0.6) is 0 Å². The molecule has 3 aromatic rings. The number of fused-ring (bicyclic) bond motifs is 1. The fourth-order valence-electron chi connectivity index (χ4n) is 4.89. The number of amides is 1. The van der Waals surface area contributed by atoms with E-state index in [2.05, 4.69) is 22.8 Å². The Hall–Kier alpha value is -3.46. The van der Waals surface area contributed by atoms with Gasteiger partial charge >= 0.3 is 0 Å². The summed E-state index contributed by atoms with van der Waals surface area (Å²) in [6.07, 6.45) is 1.58. The second-order valence-electron chi connectivity index (χ2n) is 9.65. The van der Waals surface area contributed by atoms with E-state index in [9.17, 15) is 4.79 Å². The molecule has 2 N–H and O–H groups in total.